The van der Waals surface area contributed by atoms with Crippen LogP contribution in [0.25, 0.3) is 0 Å². The van der Waals surface area contributed by atoms with E-state index >= 15 is 0 Å². The SMILES string of the molecule is Cc1nonc1CC(=O)NCc1nc(Cc2ccccc2)no1. The fourth-order valence-electron chi connectivity index (χ4n) is 2.01. The number of amides is 1. The third-order valence-electron chi connectivity index (χ3n) is 3.23. The lowest BCUT2D eigenvalue weighted by molar-refractivity contribution is -0.120. The molecule has 0 unspecified atom stereocenters. The Kier molecular flexibility index (Phi) is 4.41. The Hall–Kier alpha value is -3.03. The van der Waals surface area contributed by atoms with Gasteiger partial charge in [0.1, 0.15) is 11.4 Å². The summed E-state index contributed by atoms with van der Waals surface area (Å²) in [5, 5.41) is 13.9. The largest absolute Gasteiger partial charge is 0.347 e. The maximum absolute atomic E-state index is 11.8. The van der Waals surface area contributed by atoms with Crippen molar-refractivity contribution in [3.8, 4) is 0 Å². The summed E-state index contributed by atoms with van der Waals surface area (Å²) in [4.78, 5) is 16.1. The van der Waals surface area contributed by atoms with Gasteiger partial charge in [-0.25, -0.2) is 4.63 Å². The Morgan fingerprint density at radius 3 is 2.74 bits per heavy atom. The number of carbonyl (C=O) groups is 1. The van der Waals surface area contributed by atoms with E-state index in [0.717, 1.165) is 5.56 Å². The average Bonchev–Trinajstić information content (AvgIpc) is 3.16. The van der Waals surface area contributed by atoms with Crippen molar-refractivity contribution in [1.29, 1.82) is 0 Å². The Labute approximate surface area is 131 Å². The second kappa shape index (κ2) is 6.82. The van der Waals surface area contributed by atoms with Gasteiger partial charge in [-0.05, 0) is 12.5 Å². The summed E-state index contributed by atoms with van der Waals surface area (Å²) in [6.45, 7) is 1.90. The lowest BCUT2D eigenvalue weighted by Crippen LogP contribution is -2.25. The summed E-state index contributed by atoms with van der Waals surface area (Å²) >= 11 is 0. The molecule has 0 atom stereocenters. The van der Waals surface area contributed by atoms with Gasteiger partial charge >= 0.3 is 0 Å². The average molecular weight is 313 g/mol. The van der Waals surface area contributed by atoms with Crippen LogP contribution in [0.1, 0.15) is 28.7 Å². The van der Waals surface area contributed by atoms with Crippen molar-refractivity contribution in [3.63, 3.8) is 0 Å². The maximum Gasteiger partial charge on any atom is 0.246 e. The summed E-state index contributed by atoms with van der Waals surface area (Å²) in [5.74, 6) is 0.725. The van der Waals surface area contributed by atoms with Gasteiger partial charge in [0.25, 0.3) is 0 Å². The van der Waals surface area contributed by atoms with E-state index in [-0.39, 0.29) is 18.9 Å². The van der Waals surface area contributed by atoms with Crippen molar-refractivity contribution in [1.82, 2.24) is 25.8 Å². The van der Waals surface area contributed by atoms with Gasteiger partial charge in [-0.15, -0.1) is 0 Å². The van der Waals surface area contributed by atoms with Crippen LogP contribution in [0.4, 0.5) is 0 Å². The number of nitrogens with one attached hydrogen (secondary N) is 1. The Bertz CT molecular complexity index is 781. The van der Waals surface area contributed by atoms with E-state index in [1.165, 1.54) is 0 Å². The van der Waals surface area contributed by atoms with Crippen molar-refractivity contribution in [2.75, 3.05) is 0 Å². The van der Waals surface area contributed by atoms with Gasteiger partial charge in [0.15, 0.2) is 5.82 Å². The van der Waals surface area contributed by atoms with Crippen LogP contribution >= 0.6 is 0 Å². The van der Waals surface area contributed by atoms with Crippen LogP contribution in [0.5, 0.6) is 0 Å². The second-order valence-corrected chi connectivity index (χ2v) is 5.02. The van der Waals surface area contributed by atoms with Gasteiger partial charge in [0.2, 0.25) is 11.8 Å². The maximum atomic E-state index is 11.8. The number of aryl methyl sites for hydroxylation is 1. The number of hydrogen-bond donors (Lipinski definition) is 1. The molecule has 0 fully saturated rings. The highest BCUT2D eigenvalue weighted by Gasteiger charge is 2.12. The molecule has 2 heterocycles. The lowest BCUT2D eigenvalue weighted by Gasteiger charge is -1.99. The van der Waals surface area contributed by atoms with Gasteiger partial charge < -0.3 is 9.84 Å². The molecule has 1 amide bonds. The molecule has 3 rings (SSSR count). The first kappa shape index (κ1) is 14.9. The number of benzene rings is 1. The van der Waals surface area contributed by atoms with Crippen LogP contribution in [0.3, 0.4) is 0 Å². The van der Waals surface area contributed by atoms with Gasteiger partial charge in [-0.1, -0.05) is 45.8 Å². The minimum Gasteiger partial charge on any atom is -0.347 e. The smallest absolute Gasteiger partial charge is 0.246 e. The predicted octanol–water partition coefficient (Wildman–Crippen LogP) is 1.21. The fraction of sp³-hybridized carbons (Fsp3) is 0.267. The number of aromatic nitrogens is 4. The minimum atomic E-state index is -0.216. The molecule has 8 nitrogen and oxygen atoms in total. The van der Waals surface area contributed by atoms with Gasteiger partial charge in [0, 0.05) is 6.42 Å². The quantitative estimate of drug-likeness (QED) is 0.728. The monoisotopic (exact) mass is 313 g/mol. The van der Waals surface area contributed by atoms with Crippen molar-refractivity contribution in [2.45, 2.75) is 26.3 Å². The molecule has 0 bridgehead atoms. The zero-order valence-corrected chi connectivity index (χ0v) is 12.5. The van der Waals surface area contributed by atoms with Crippen LogP contribution in [-0.2, 0) is 24.2 Å². The predicted molar refractivity (Wildman–Crippen MR) is 78.1 cm³/mol. The molecule has 0 aliphatic heterocycles. The standard InChI is InChI=1S/C15H15N5O3/c1-10-12(19-23-18-10)8-14(21)16-9-15-17-13(20-22-15)7-11-5-3-2-4-6-11/h2-6H,7-9H2,1H3,(H,16,21). The molecule has 0 aliphatic rings. The highest BCUT2D eigenvalue weighted by atomic mass is 16.6. The lowest BCUT2D eigenvalue weighted by atomic mass is 10.1. The van der Waals surface area contributed by atoms with Gasteiger partial charge in [-0.2, -0.15) is 4.98 Å². The summed E-state index contributed by atoms with van der Waals surface area (Å²) in [6.07, 6.45) is 0.683. The molecule has 3 aromatic rings. The van der Waals surface area contributed by atoms with E-state index in [4.69, 9.17) is 4.52 Å². The van der Waals surface area contributed by atoms with Crippen LogP contribution in [0.2, 0.25) is 0 Å². The van der Waals surface area contributed by atoms with Crippen molar-refractivity contribution >= 4 is 5.91 Å². The van der Waals surface area contributed by atoms with E-state index in [2.05, 4.69) is 30.4 Å². The van der Waals surface area contributed by atoms with Gasteiger partial charge in [0.05, 0.1) is 13.0 Å². The van der Waals surface area contributed by atoms with E-state index in [1.807, 2.05) is 30.3 Å². The molecule has 1 N–H and O–H groups in total. The molecular formula is C15H15N5O3. The van der Waals surface area contributed by atoms with E-state index in [0.29, 0.717) is 29.5 Å². The topological polar surface area (TPSA) is 107 Å². The zero-order valence-electron chi connectivity index (χ0n) is 12.5. The van der Waals surface area contributed by atoms with Crippen LogP contribution < -0.4 is 5.32 Å². The molecule has 2 aromatic heterocycles. The molecule has 0 saturated heterocycles. The first-order chi connectivity index (χ1) is 11.2. The first-order valence-corrected chi connectivity index (χ1v) is 7.11. The fourth-order valence-corrected chi connectivity index (χ4v) is 2.01. The van der Waals surface area contributed by atoms with E-state index in [1.54, 1.807) is 6.92 Å². The Morgan fingerprint density at radius 2 is 2.00 bits per heavy atom. The highest BCUT2D eigenvalue weighted by molar-refractivity contribution is 5.78. The van der Waals surface area contributed by atoms with Crippen LogP contribution in [0, 0.1) is 6.92 Å². The molecule has 1 aromatic carbocycles. The zero-order chi connectivity index (χ0) is 16.1. The molecule has 0 saturated carbocycles. The number of hydrogen-bond acceptors (Lipinski definition) is 7. The summed E-state index contributed by atoms with van der Waals surface area (Å²) in [6, 6.07) is 9.85. The molecule has 23 heavy (non-hydrogen) atoms. The summed E-state index contributed by atoms with van der Waals surface area (Å²) < 4.78 is 9.67. The normalized spacial score (nSPS) is 10.7. The number of carbonyl (C=O) groups excluding carboxylic acids is 1. The third kappa shape index (κ3) is 4.00. The molecule has 118 valence electrons. The molecular weight excluding hydrogens is 298 g/mol. The Balaban J connectivity index is 1.51. The first-order valence-electron chi connectivity index (χ1n) is 7.11. The summed E-state index contributed by atoms with van der Waals surface area (Å²) in [5.41, 5.74) is 2.21. The van der Waals surface area contributed by atoms with Crippen LogP contribution in [-0.4, -0.2) is 26.4 Å². The van der Waals surface area contributed by atoms with Gasteiger partial charge in [-0.3, -0.25) is 4.79 Å². The summed E-state index contributed by atoms with van der Waals surface area (Å²) in [7, 11) is 0. The van der Waals surface area contributed by atoms with Crippen molar-refractivity contribution < 1.29 is 13.9 Å². The third-order valence-corrected chi connectivity index (χ3v) is 3.23. The van der Waals surface area contributed by atoms with E-state index in [9.17, 15) is 4.79 Å². The molecule has 0 radical (unpaired) electrons. The second-order valence-electron chi connectivity index (χ2n) is 5.02. The highest BCUT2D eigenvalue weighted by Crippen LogP contribution is 2.06. The number of rotatable bonds is 6. The minimum absolute atomic E-state index is 0.0976. The molecule has 8 heteroatoms. The van der Waals surface area contributed by atoms with E-state index < -0.39 is 0 Å². The Morgan fingerprint density at radius 1 is 1.17 bits per heavy atom. The van der Waals surface area contributed by atoms with Crippen molar-refractivity contribution in [2.24, 2.45) is 0 Å². The van der Waals surface area contributed by atoms with Crippen LogP contribution in [0.15, 0.2) is 39.5 Å². The molecule has 0 spiro atoms. The number of nitrogens with zero attached hydrogens (tertiary/aromatic N) is 4. The van der Waals surface area contributed by atoms with Crippen molar-refractivity contribution in [3.05, 3.63) is 59.0 Å². The molecule has 0 aliphatic carbocycles.